The lowest BCUT2D eigenvalue weighted by molar-refractivity contribution is 0.171. The number of rotatable bonds is 7. The molecule has 0 aromatic rings. The minimum atomic E-state index is -0.415. The SMILES string of the molecule is C=C/C=C\C=C/C.CN.COC(=O)NCCCCN=C(N)N. The summed E-state index contributed by atoms with van der Waals surface area (Å²) in [6, 6.07) is 0. The van der Waals surface area contributed by atoms with Crippen LogP contribution >= 0.6 is 0 Å². The maximum absolute atomic E-state index is 10.6. The first kappa shape index (κ1) is 24.7. The first-order chi connectivity index (χ1) is 10.6. The molecule has 0 aliphatic carbocycles. The molecule has 0 fully saturated rings. The Bertz CT molecular complexity index is 335. The summed E-state index contributed by atoms with van der Waals surface area (Å²) in [5, 5.41) is 2.55. The van der Waals surface area contributed by atoms with Crippen molar-refractivity contribution in [3.8, 4) is 0 Å². The zero-order valence-electron chi connectivity index (χ0n) is 13.9. The number of carbonyl (C=O) groups is 1. The number of nitrogens with one attached hydrogen (secondary N) is 1. The molecule has 0 saturated carbocycles. The van der Waals surface area contributed by atoms with Crippen molar-refractivity contribution in [3.63, 3.8) is 0 Å². The summed E-state index contributed by atoms with van der Waals surface area (Å²) < 4.78 is 4.38. The highest BCUT2D eigenvalue weighted by Crippen LogP contribution is 1.87. The third-order valence-electron chi connectivity index (χ3n) is 1.88. The zero-order valence-corrected chi connectivity index (χ0v) is 13.9. The highest BCUT2D eigenvalue weighted by Gasteiger charge is 1.95. The Balaban J connectivity index is -0.000000339. The predicted octanol–water partition coefficient (Wildman–Crippen LogP) is 1.28. The molecule has 0 aliphatic rings. The number of hydrogen-bond donors (Lipinski definition) is 4. The summed E-state index contributed by atoms with van der Waals surface area (Å²) >= 11 is 0. The molecule has 0 saturated heterocycles. The van der Waals surface area contributed by atoms with E-state index >= 15 is 0 Å². The topological polar surface area (TPSA) is 129 Å². The van der Waals surface area contributed by atoms with Gasteiger partial charge in [0, 0.05) is 13.1 Å². The quantitative estimate of drug-likeness (QED) is 0.243. The highest BCUT2D eigenvalue weighted by atomic mass is 16.5. The van der Waals surface area contributed by atoms with Gasteiger partial charge in [0.15, 0.2) is 5.96 Å². The molecule has 0 rings (SSSR count). The van der Waals surface area contributed by atoms with E-state index < -0.39 is 6.09 Å². The Labute approximate surface area is 134 Å². The summed E-state index contributed by atoms with van der Waals surface area (Å²) in [5.74, 6) is 0.0981. The summed E-state index contributed by atoms with van der Waals surface area (Å²) in [5.41, 5.74) is 14.7. The average molecular weight is 313 g/mol. The zero-order chi connectivity index (χ0) is 17.6. The van der Waals surface area contributed by atoms with E-state index in [0.29, 0.717) is 13.1 Å². The van der Waals surface area contributed by atoms with Crippen molar-refractivity contribution in [1.29, 1.82) is 0 Å². The monoisotopic (exact) mass is 313 g/mol. The van der Waals surface area contributed by atoms with Gasteiger partial charge in [0.2, 0.25) is 0 Å². The average Bonchev–Trinajstić information content (AvgIpc) is 2.53. The molecular formula is C15H31N5O2. The van der Waals surface area contributed by atoms with Gasteiger partial charge in [-0.15, -0.1) is 0 Å². The molecule has 0 unspecified atom stereocenters. The third-order valence-corrected chi connectivity index (χ3v) is 1.88. The Morgan fingerprint density at radius 2 is 1.86 bits per heavy atom. The summed E-state index contributed by atoms with van der Waals surface area (Å²) in [6.45, 7) is 6.66. The minimum Gasteiger partial charge on any atom is -0.453 e. The number of allylic oxidation sites excluding steroid dienone is 5. The van der Waals surface area contributed by atoms with Crippen LogP contribution in [0.1, 0.15) is 19.8 Å². The van der Waals surface area contributed by atoms with Gasteiger partial charge in [-0.25, -0.2) is 4.79 Å². The van der Waals surface area contributed by atoms with Crippen LogP contribution in [0, 0.1) is 0 Å². The Morgan fingerprint density at radius 3 is 2.32 bits per heavy atom. The van der Waals surface area contributed by atoms with Crippen molar-refractivity contribution >= 4 is 12.1 Å². The van der Waals surface area contributed by atoms with Crippen molar-refractivity contribution in [2.24, 2.45) is 22.2 Å². The van der Waals surface area contributed by atoms with Gasteiger partial charge in [-0.1, -0.05) is 37.0 Å². The van der Waals surface area contributed by atoms with Crippen molar-refractivity contribution in [2.45, 2.75) is 19.8 Å². The maximum Gasteiger partial charge on any atom is 0.406 e. The van der Waals surface area contributed by atoms with Crippen LogP contribution in [-0.2, 0) is 4.74 Å². The van der Waals surface area contributed by atoms with Crippen LogP contribution in [0.25, 0.3) is 0 Å². The molecule has 22 heavy (non-hydrogen) atoms. The normalized spacial score (nSPS) is 9.09. The smallest absolute Gasteiger partial charge is 0.406 e. The van der Waals surface area contributed by atoms with Crippen LogP contribution in [0.4, 0.5) is 4.79 Å². The van der Waals surface area contributed by atoms with Crippen LogP contribution in [0.5, 0.6) is 0 Å². The third kappa shape index (κ3) is 30.6. The van der Waals surface area contributed by atoms with Gasteiger partial charge in [0.25, 0.3) is 0 Å². The van der Waals surface area contributed by atoms with Gasteiger partial charge in [-0.05, 0) is 26.8 Å². The predicted molar refractivity (Wildman–Crippen MR) is 94.6 cm³/mol. The molecule has 0 radical (unpaired) electrons. The number of carbonyl (C=O) groups excluding carboxylic acids is 1. The number of guanidine groups is 1. The summed E-state index contributed by atoms with van der Waals surface area (Å²) in [4.78, 5) is 14.3. The van der Waals surface area contributed by atoms with E-state index in [1.54, 1.807) is 6.08 Å². The number of unbranched alkanes of at least 4 members (excludes halogenated alkanes) is 1. The highest BCUT2D eigenvalue weighted by molar-refractivity contribution is 5.75. The van der Waals surface area contributed by atoms with Crippen molar-refractivity contribution in [3.05, 3.63) is 37.0 Å². The van der Waals surface area contributed by atoms with Crippen molar-refractivity contribution < 1.29 is 9.53 Å². The Kier molecular flexibility index (Phi) is 26.7. The largest absolute Gasteiger partial charge is 0.453 e. The number of alkyl carbamates (subject to hydrolysis) is 1. The summed E-state index contributed by atoms with van der Waals surface area (Å²) in [7, 11) is 2.83. The number of amides is 1. The van der Waals surface area contributed by atoms with Crippen molar-refractivity contribution in [1.82, 2.24) is 5.32 Å². The standard InChI is InChI=1S/C7H16N4O2.C7H10.CH5N/c1-13-7(12)11-5-3-2-4-10-6(8)9;1-3-5-7-6-4-2;1-2/h2-5H2,1H3,(H,11,12)(H4,8,9,10);3-7H,1H2,2H3;2H2,1H3/b;6-4-,7-5-;. The lowest BCUT2D eigenvalue weighted by Gasteiger charge is -2.01. The van der Waals surface area contributed by atoms with Crippen molar-refractivity contribution in [2.75, 3.05) is 27.2 Å². The van der Waals surface area contributed by atoms with Gasteiger partial charge in [-0.2, -0.15) is 0 Å². The number of hydrogen-bond acceptors (Lipinski definition) is 4. The Morgan fingerprint density at radius 1 is 1.23 bits per heavy atom. The molecule has 7 nitrogen and oxygen atoms in total. The Hall–Kier alpha value is -2.28. The fourth-order valence-electron chi connectivity index (χ4n) is 0.961. The number of nitrogens with two attached hydrogens (primary N) is 3. The lowest BCUT2D eigenvalue weighted by atomic mass is 10.3. The fourth-order valence-corrected chi connectivity index (χ4v) is 0.961. The molecular weight excluding hydrogens is 282 g/mol. The molecule has 0 heterocycles. The minimum absolute atomic E-state index is 0.0981. The number of methoxy groups -OCH3 is 1. The van der Waals surface area contributed by atoms with E-state index in [-0.39, 0.29) is 5.96 Å². The molecule has 128 valence electrons. The van der Waals surface area contributed by atoms with E-state index in [0.717, 1.165) is 12.8 Å². The molecule has 0 bridgehead atoms. The first-order valence-corrected chi connectivity index (χ1v) is 6.93. The molecule has 1 amide bonds. The lowest BCUT2D eigenvalue weighted by Crippen LogP contribution is -2.24. The second-order valence-electron chi connectivity index (χ2n) is 3.58. The van der Waals surface area contributed by atoms with Crippen LogP contribution in [-0.4, -0.2) is 39.3 Å². The first-order valence-electron chi connectivity index (χ1n) is 6.93. The molecule has 0 atom stereocenters. The van der Waals surface area contributed by atoms with E-state index in [4.69, 9.17) is 11.5 Å². The van der Waals surface area contributed by atoms with Gasteiger partial charge < -0.3 is 27.3 Å². The molecule has 0 aromatic heterocycles. The van der Waals surface area contributed by atoms with Gasteiger partial charge in [-0.3, -0.25) is 4.99 Å². The van der Waals surface area contributed by atoms with E-state index in [2.05, 4.69) is 27.4 Å². The molecule has 7 heteroatoms. The van der Waals surface area contributed by atoms with Gasteiger partial charge in [0.1, 0.15) is 0 Å². The number of ether oxygens (including phenoxy) is 1. The molecule has 0 aromatic carbocycles. The second kappa shape index (κ2) is 23.8. The summed E-state index contributed by atoms with van der Waals surface area (Å²) in [6.07, 6.45) is 10.8. The molecule has 0 spiro atoms. The van der Waals surface area contributed by atoms with E-state index in [1.807, 2.05) is 31.2 Å². The number of aliphatic imine (C=N–C) groups is 1. The fraction of sp³-hybridized carbons (Fsp3) is 0.467. The van der Waals surface area contributed by atoms with E-state index in [1.165, 1.54) is 14.2 Å². The maximum atomic E-state index is 10.6. The number of nitrogens with zero attached hydrogens (tertiary/aromatic N) is 1. The molecule has 7 N–H and O–H groups in total. The van der Waals surface area contributed by atoms with Crippen LogP contribution in [0.15, 0.2) is 42.0 Å². The van der Waals surface area contributed by atoms with Gasteiger partial charge >= 0.3 is 6.09 Å². The molecule has 0 aliphatic heterocycles. The van der Waals surface area contributed by atoms with Crippen LogP contribution in [0.2, 0.25) is 0 Å². The van der Waals surface area contributed by atoms with Gasteiger partial charge in [0.05, 0.1) is 7.11 Å². The second-order valence-corrected chi connectivity index (χ2v) is 3.58. The van der Waals surface area contributed by atoms with Crippen LogP contribution in [0.3, 0.4) is 0 Å². The van der Waals surface area contributed by atoms with Crippen LogP contribution < -0.4 is 22.5 Å². The van der Waals surface area contributed by atoms with E-state index in [9.17, 15) is 4.79 Å².